The number of fused-ring (bicyclic) bond motifs is 3. The molecule has 3 aliphatic rings. The molecule has 2 aromatic rings. The van der Waals surface area contributed by atoms with Crippen LogP contribution in [0.2, 0.25) is 0 Å². The van der Waals surface area contributed by atoms with E-state index in [1.807, 2.05) is 37.8 Å². The molecule has 1 aromatic heterocycles. The van der Waals surface area contributed by atoms with Crippen LogP contribution in [0.15, 0.2) is 18.2 Å². The largest absolute Gasteiger partial charge is 0.493 e. The summed E-state index contributed by atoms with van der Waals surface area (Å²) in [6.45, 7) is 11.3. The molecule has 8 heteroatoms. The van der Waals surface area contributed by atoms with Crippen LogP contribution < -0.4 is 5.46 Å². The molecular formula is C23H32BN3O4. The molecule has 3 heterocycles. The molecule has 2 aliphatic heterocycles. The van der Waals surface area contributed by atoms with Gasteiger partial charge < -0.3 is 19.0 Å². The van der Waals surface area contributed by atoms with Crippen molar-refractivity contribution in [1.82, 2.24) is 14.9 Å². The zero-order chi connectivity index (χ0) is 22.0. The van der Waals surface area contributed by atoms with Crippen LogP contribution in [0.25, 0.3) is 11.0 Å². The monoisotopic (exact) mass is 425 g/mol. The van der Waals surface area contributed by atoms with Crippen molar-refractivity contribution in [2.24, 2.45) is 11.3 Å². The zero-order valence-electron chi connectivity index (χ0n) is 19.1. The lowest BCUT2D eigenvalue weighted by molar-refractivity contribution is 0.00623. The lowest BCUT2D eigenvalue weighted by Gasteiger charge is -2.35. The molecule has 1 N–H and O–H groups in total. The fourth-order valence-electron chi connectivity index (χ4n) is 5.14. The predicted octanol–water partition coefficient (Wildman–Crippen LogP) is 3.79. The molecule has 0 radical (unpaired) electrons. The van der Waals surface area contributed by atoms with Crippen LogP contribution in [0.5, 0.6) is 0 Å². The van der Waals surface area contributed by atoms with Crippen molar-refractivity contribution in [2.75, 3.05) is 13.2 Å². The summed E-state index contributed by atoms with van der Waals surface area (Å²) in [5, 5.41) is 0. The maximum absolute atomic E-state index is 13.0. The first-order valence-electron chi connectivity index (χ1n) is 11.3. The summed E-state index contributed by atoms with van der Waals surface area (Å²) in [5.41, 5.74) is 2.34. The van der Waals surface area contributed by atoms with Gasteiger partial charge in [-0.15, -0.1) is 0 Å². The van der Waals surface area contributed by atoms with Crippen molar-refractivity contribution >= 4 is 29.7 Å². The van der Waals surface area contributed by atoms with Crippen LogP contribution >= 0.6 is 0 Å². The lowest BCUT2D eigenvalue weighted by Crippen LogP contribution is -2.47. The Balaban J connectivity index is 1.41. The highest BCUT2D eigenvalue weighted by Crippen LogP contribution is 2.50. The third-order valence-electron chi connectivity index (χ3n) is 6.52. The SMILES string of the molecule is CC1(C)COB(c2ccc3nc([C@@H]4[C@H]5CC[C@H](C5)N4C(=O)OC(C)(C)C)[nH]c3c2)OC1. The average Bonchev–Trinajstić information content (AvgIpc) is 3.39. The second kappa shape index (κ2) is 7.24. The van der Waals surface area contributed by atoms with Gasteiger partial charge in [0.05, 0.1) is 17.1 Å². The van der Waals surface area contributed by atoms with Gasteiger partial charge in [-0.25, -0.2) is 9.78 Å². The number of amides is 1. The Hall–Kier alpha value is -2.06. The highest BCUT2D eigenvalue weighted by molar-refractivity contribution is 6.61. The van der Waals surface area contributed by atoms with Crippen molar-refractivity contribution < 1.29 is 18.8 Å². The van der Waals surface area contributed by atoms with Gasteiger partial charge in [-0.2, -0.15) is 0 Å². The molecule has 3 fully saturated rings. The number of rotatable bonds is 2. The van der Waals surface area contributed by atoms with E-state index in [2.05, 4.69) is 24.9 Å². The number of nitrogens with one attached hydrogen (secondary N) is 1. The molecule has 0 unspecified atom stereocenters. The number of nitrogens with zero attached hydrogens (tertiary/aromatic N) is 2. The maximum Gasteiger partial charge on any atom is 0.493 e. The number of likely N-dealkylation sites (tertiary alicyclic amines) is 1. The third kappa shape index (κ3) is 3.96. The first kappa shape index (κ1) is 20.8. The Bertz CT molecular complexity index is 988. The summed E-state index contributed by atoms with van der Waals surface area (Å²) in [7, 11) is -0.357. The van der Waals surface area contributed by atoms with Crippen LogP contribution in [-0.4, -0.2) is 52.9 Å². The number of aromatic nitrogens is 2. The second-order valence-electron chi connectivity index (χ2n) is 11.1. The number of aromatic amines is 1. The second-order valence-corrected chi connectivity index (χ2v) is 11.1. The number of hydrogen-bond acceptors (Lipinski definition) is 5. The van der Waals surface area contributed by atoms with Crippen LogP contribution in [0.1, 0.15) is 65.7 Å². The standard InChI is InChI=1S/C23H32BN3O4/c1-22(2,3)31-21(28)27-16-8-6-14(10-16)19(27)20-25-17-9-7-15(11-18(17)26-20)24-29-12-23(4,5)13-30-24/h7,9,11,14,16,19H,6,8,10,12-13H2,1-5H3,(H,25,26)/t14-,16+,19-/m0/s1. The number of ether oxygens (including phenoxy) is 1. The van der Waals surface area contributed by atoms with Crippen molar-refractivity contribution in [2.45, 2.75) is 71.6 Å². The van der Waals surface area contributed by atoms with E-state index < -0.39 is 5.60 Å². The highest BCUT2D eigenvalue weighted by Gasteiger charge is 2.51. The number of benzene rings is 1. The van der Waals surface area contributed by atoms with E-state index in [4.69, 9.17) is 19.0 Å². The fraction of sp³-hybridized carbons (Fsp3) is 0.652. The molecule has 2 bridgehead atoms. The van der Waals surface area contributed by atoms with Crippen LogP contribution in [-0.2, 0) is 14.0 Å². The molecule has 31 heavy (non-hydrogen) atoms. The van der Waals surface area contributed by atoms with Gasteiger partial charge in [0.25, 0.3) is 0 Å². The van der Waals surface area contributed by atoms with Gasteiger partial charge in [0.1, 0.15) is 11.4 Å². The molecule has 1 aromatic carbocycles. The Kier molecular flexibility index (Phi) is 4.86. The van der Waals surface area contributed by atoms with Gasteiger partial charge in [-0.05, 0) is 63.5 Å². The molecule has 0 spiro atoms. The first-order valence-corrected chi connectivity index (χ1v) is 11.3. The average molecular weight is 425 g/mol. The van der Waals surface area contributed by atoms with Crippen LogP contribution in [0.4, 0.5) is 4.79 Å². The van der Waals surface area contributed by atoms with Crippen molar-refractivity contribution in [3.8, 4) is 0 Å². The highest BCUT2D eigenvalue weighted by atomic mass is 16.6. The van der Waals surface area contributed by atoms with E-state index >= 15 is 0 Å². The van der Waals surface area contributed by atoms with Gasteiger partial charge in [-0.3, -0.25) is 4.90 Å². The molecule has 1 saturated carbocycles. The Morgan fingerprint density at radius 2 is 2.00 bits per heavy atom. The third-order valence-corrected chi connectivity index (χ3v) is 6.52. The molecule has 5 rings (SSSR count). The summed E-state index contributed by atoms with van der Waals surface area (Å²) in [6, 6.07) is 6.25. The predicted molar refractivity (Wildman–Crippen MR) is 119 cm³/mol. The van der Waals surface area contributed by atoms with E-state index in [9.17, 15) is 4.79 Å². The Morgan fingerprint density at radius 1 is 1.26 bits per heavy atom. The fourth-order valence-corrected chi connectivity index (χ4v) is 5.14. The number of carbonyl (C=O) groups excluding carboxylic acids is 1. The summed E-state index contributed by atoms with van der Waals surface area (Å²) in [5.74, 6) is 1.27. The minimum Gasteiger partial charge on any atom is -0.444 e. The van der Waals surface area contributed by atoms with Crippen molar-refractivity contribution in [1.29, 1.82) is 0 Å². The van der Waals surface area contributed by atoms with Gasteiger partial charge in [0.2, 0.25) is 0 Å². The van der Waals surface area contributed by atoms with Crippen LogP contribution in [0.3, 0.4) is 0 Å². The molecule has 1 aliphatic carbocycles. The number of imidazole rings is 1. The molecule has 3 atom stereocenters. The topological polar surface area (TPSA) is 76.7 Å². The first-order chi connectivity index (χ1) is 14.6. The lowest BCUT2D eigenvalue weighted by atomic mass is 9.76. The Morgan fingerprint density at radius 3 is 2.71 bits per heavy atom. The van der Waals surface area contributed by atoms with Crippen molar-refractivity contribution in [3.63, 3.8) is 0 Å². The Labute approximate surface area is 184 Å². The van der Waals surface area contributed by atoms with Gasteiger partial charge in [-0.1, -0.05) is 19.9 Å². The van der Waals surface area contributed by atoms with Gasteiger partial charge in [0.15, 0.2) is 0 Å². The summed E-state index contributed by atoms with van der Waals surface area (Å²) in [6.07, 6.45) is 2.94. The number of hydrogen-bond donors (Lipinski definition) is 1. The van der Waals surface area contributed by atoms with Gasteiger partial charge in [0, 0.05) is 24.7 Å². The number of H-pyrrole nitrogens is 1. The molecule has 2 saturated heterocycles. The minimum absolute atomic E-state index is 0.0364. The molecule has 1 amide bonds. The van der Waals surface area contributed by atoms with Crippen molar-refractivity contribution in [3.05, 3.63) is 24.0 Å². The van der Waals surface area contributed by atoms with E-state index in [0.717, 1.165) is 41.6 Å². The van der Waals surface area contributed by atoms with Crippen LogP contribution in [0, 0.1) is 11.3 Å². The van der Waals surface area contributed by atoms with E-state index in [0.29, 0.717) is 19.1 Å². The molecular weight excluding hydrogens is 393 g/mol. The minimum atomic E-state index is -0.513. The molecule has 166 valence electrons. The molecule has 7 nitrogen and oxygen atoms in total. The summed E-state index contributed by atoms with van der Waals surface area (Å²) < 4.78 is 17.6. The number of piperidine rings is 1. The van der Waals surface area contributed by atoms with E-state index in [1.165, 1.54) is 0 Å². The number of carbonyl (C=O) groups is 1. The quantitative estimate of drug-likeness (QED) is 0.741. The normalized spacial score (nSPS) is 27.8. The van der Waals surface area contributed by atoms with E-state index in [1.54, 1.807) is 0 Å². The summed E-state index contributed by atoms with van der Waals surface area (Å²) >= 11 is 0. The smallest absolute Gasteiger partial charge is 0.444 e. The van der Waals surface area contributed by atoms with Gasteiger partial charge >= 0.3 is 13.2 Å². The zero-order valence-corrected chi connectivity index (χ0v) is 19.1. The summed E-state index contributed by atoms with van der Waals surface area (Å²) in [4.78, 5) is 23.3. The maximum atomic E-state index is 13.0. The van der Waals surface area contributed by atoms with E-state index in [-0.39, 0.29) is 30.7 Å².